The third-order valence-corrected chi connectivity index (χ3v) is 5.77. The number of hydrogen-bond acceptors (Lipinski definition) is 4. The second kappa shape index (κ2) is 7.29. The Labute approximate surface area is 161 Å². The van der Waals surface area contributed by atoms with Crippen LogP contribution < -0.4 is 0 Å². The van der Waals surface area contributed by atoms with Crippen molar-refractivity contribution < 1.29 is 9.32 Å². The van der Waals surface area contributed by atoms with Gasteiger partial charge in [0.1, 0.15) is 0 Å². The molecule has 0 spiro atoms. The van der Waals surface area contributed by atoms with Crippen molar-refractivity contribution in [1.82, 2.24) is 5.16 Å². The van der Waals surface area contributed by atoms with Crippen molar-refractivity contribution in [1.29, 1.82) is 0 Å². The first kappa shape index (κ1) is 17.4. The molecule has 26 heavy (non-hydrogen) atoms. The summed E-state index contributed by atoms with van der Waals surface area (Å²) in [6.45, 7) is 0. The molecule has 132 valence electrons. The van der Waals surface area contributed by atoms with Gasteiger partial charge in [-0.2, -0.15) is 0 Å². The van der Waals surface area contributed by atoms with Crippen LogP contribution in [0.3, 0.4) is 0 Å². The lowest BCUT2D eigenvalue weighted by molar-refractivity contribution is 0.103. The average molecular weight is 384 g/mol. The Morgan fingerprint density at radius 2 is 2.00 bits per heavy atom. The number of benzene rings is 2. The van der Waals surface area contributed by atoms with E-state index in [1.54, 1.807) is 18.0 Å². The standard InChI is InChI=1S/C21H18ClNO2S/c1-26-16-9-8-15(19(22)11-16)10-14-4-2-3-5-17(14)20(24)18-12-23-25-21(18)13-6-7-13/h2-5,8-9,11-13H,6-7,10H2,1H3. The van der Waals surface area contributed by atoms with Crippen LogP contribution in [0.25, 0.3) is 0 Å². The van der Waals surface area contributed by atoms with Crippen LogP contribution in [0, 0.1) is 0 Å². The first-order valence-electron chi connectivity index (χ1n) is 8.57. The number of aromatic nitrogens is 1. The van der Waals surface area contributed by atoms with Crippen molar-refractivity contribution >= 4 is 29.1 Å². The van der Waals surface area contributed by atoms with Crippen molar-refractivity contribution in [3.63, 3.8) is 0 Å². The minimum absolute atomic E-state index is 0.0272. The van der Waals surface area contributed by atoms with Gasteiger partial charge in [0.15, 0.2) is 11.5 Å². The molecule has 0 saturated heterocycles. The van der Waals surface area contributed by atoms with Crippen molar-refractivity contribution in [2.24, 2.45) is 0 Å². The molecule has 1 aliphatic rings. The van der Waals surface area contributed by atoms with Crippen LogP contribution in [0.5, 0.6) is 0 Å². The minimum atomic E-state index is -0.0272. The predicted octanol–water partition coefficient (Wildman–Crippen LogP) is 5.75. The van der Waals surface area contributed by atoms with Crippen molar-refractivity contribution in [3.8, 4) is 0 Å². The summed E-state index contributed by atoms with van der Waals surface area (Å²) in [5.41, 5.74) is 3.24. The Balaban J connectivity index is 1.66. The highest BCUT2D eigenvalue weighted by Gasteiger charge is 2.33. The van der Waals surface area contributed by atoms with Crippen molar-refractivity contribution in [3.05, 3.63) is 81.7 Å². The van der Waals surface area contributed by atoms with Gasteiger partial charge in [0.25, 0.3) is 0 Å². The van der Waals surface area contributed by atoms with Gasteiger partial charge in [-0.1, -0.05) is 47.1 Å². The van der Waals surface area contributed by atoms with E-state index >= 15 is 0 Å². The zero-order chi connectivity index (χ0) is 18.1. The number of carbonyl (C=O) groups excluding carboxylic acids is 1. The van der Waals surface area contributed by atoms with E-state index in [1.807, 2.05) is 42.7 Å². The third-order valence-electron chi connectivity index (χ3n) is 4.69. The van der Waals surface area contributed by atoms with Gasteiger partial charge in [0, 0.05) is 21.4 Å². The summed E-state index contributed by atoms with van der Waals surface area (Å²) in [6.07, 6.45) is 6.31. The molecule has 3 aromatic rings. The summed E-state index contributed by atoms with van der Waals surface area (Å²) < 4.78 is 5.34. The molecule has 0 aliphatic heterocycles. The fourth-order valence-corrected chi connectivity index (χ4v) is 3.86. The van der Waals surface area contributed by atoms with Crippen LogP contribution in [-0.4, -0.2) is 17.2 Å². The lowest BCUT2D eigenvalue weighted by Gasteiger charge is -2.10. The number of thioether (sulfide) groups is 1. The van der Waals surface area contributed by atoms with E-state index in [9.17, 15) is 4.79 Å². The average Bonchev–Trinajstić information content (AvgIpc) is 3.39. The molecule has 2 aromatic carbocycles. The van der Waals surface area contributed by atoms with Crippen LogP contribution in [0.4, 0.5) is 0 Å². The maximum atomic E-state index is 13.1. The van der Waals surface area contributed by atoms with E-state index in [4.69, 9.17) is 16.1 Å². The van der Waals surface area contributed by atoms with E-state index in [0.29, 0.717) is 23.5 Å². The monoisotopic (exact) mass is 383 g/mol. The molecule has 0 radical (unpaired) electrons. The molecule has 0 atom stereocenters. The van der Waals surface area contributed by atoms with Gasteiger partial charge >= 0.3 is 0 Å². The highest BCUT2D eigenvalue weighted by atomic mass is 35.5. The number of halogens is 1. The molecule has 0 amide bonds. The minimum Gasteiger partial charge on any atom is -0.360 e. The van der Waals surface area contributed by atoms with Gasteiger partial charge in [-0.25, -0.2) is 0 Å². The fraction of sp³-hybridized carbons (Fsp3) is 0.238. The first-order chi connectivity index (χ1) is 12.7. The Kier molecular flexibility index (Phi) is 4.88. The largest absolute Gasteiger partial charge is 0.360 e. The Morgan fingerprint density at radius 3 is 2.73 bits per heavy atom. The zero-order valence-electron chi connectivity index (χ0n) is 14.4. The van der Waals surface area contributed by atoms with Gasteiger partial charge in [-0.15, -0.1) is 11.8 Å². The quantitative estimate of drug-likeness (QED) is 0.401. The number of rotatable bonds is 6. The molecule has 1 saturated carbocycles. The van der Waals surface area contributed by atoms with Gasteiger partial charge in [-0.3, -0.25) is 4.79 Å². The normalized spacial score (nSPS) is 13.8. The highest BCUT2D eigenvalue weighted by molar-refractivity contribution is 7.98. The fourth-order valence-electron chi connectivity index (χ4n) is 3.10. The van der Waals surface area contributed by atoms with Crippen molar-refractivity contribution in [2.45, 2.75) is 30.1 Å². The molecule has 4 rings (SSSR count). The van der Waals surface area contributed by atoms with Gasteiger partial charge < -0.3 is 4.52 Å². The molecular weight excluding hydrogens is 366 g/mol. The molecule has 0 unspecified atom stereocenters. The second-order valence-electron chi connectivity index (χ2n) is 6.50. The molecular formula is C21H18ClNO2S. The molecule has 0 N–H and O–H groups in total. The SMILES string of the molecule is CSc1ccc(Cc2ccccc2C(=O)c2cnoc2C2CC2)c(Cl)c1. The van der Waals surface area contributed by atoms with Crippen LogP contribution in [0.2, 0.25) is 5.02 Å². The number of nitrogens with zero attached hydrogens (tertiary/aromatic N) is 1. The van der Waals surface area contributed by atoms with Crippen molar-refractivity contribution in [2.75, 3.05) is 6.26 Å². The molecule has 0 bridgehead atoms. The molecule has 1 aromatic heterocycles. The van der Waals surface area contributed by atoms with Crippen LogP contribution in [-0.2, 0) is 6.42 Å². The third kappa shape index (κ3) is 3.44. The number of carbonyl (C=O) groups is 1. The summed E-state index contributed by atoms with van der Waals surface area (Å²) in [5.74, 6) is 1.05. The van der Waals surface area contributed by atoms with Crippen LogP contribution >= 0.6 is 23.4 Å². The van der Waals surface area contributed by atoms with Gasteiger partial charge in [0.05, 0.1) is 11.8 Å². The lowest BCUT2D eigenvalue weighted by atomic mass is 9.94. The summed E-state index contributed by atoms with van der Waals surface area (Å²) in [7, 11) is 0. The summed E-state index contributed by atoms with van der Waals surface area (Å²) >= 11 is 8.10. The predicted molar refractivity (Wildman–Crippen MR) is 104 cm³/mol. The van der Waals surface area contributed by atoms with E-state index < -0.39 is 0 Å². The molecule has 5 heteroatoms. The smallest absolute Gasteiger partial charge is 0.198 e. The Hall–Kier alpha value is -2.04. The molecule has 1 heterocycles. The summed E-state index contributed by atoms with van der Waals surface area (Å²) in [6, 6.07) is 13.7. The summed E-state index contributed by atoms with van der Waals surface area (Å²) in [5, 5.41) is 4.58. The van der Waals surface area contributed by atoms with E-state index in [0.717, 1.165) is 39.6 Å². The number of hydrogen-bond donors (Lipinski definition) is 0. The van der Waals surface area contributed by atoms with E-state index in [2.05, 4.69) is 11.2 Å². The number of ketones is 1. The van der Waals surface area contributed by atoms with Gasteiger partial charge in [0.2, 0.25) is 0 Å². The van der Waals surface area contributed by atoms with Crippen LogP contribution in [0.1, 0.15) is 51.6 Å². The highest BCUT2D eigenvalue weighted by Crippen LogP contribution is 2.42. The Morgan fingerprint density at radius 1 is 1.19 bits per heavy atom. The first-order valence-corrected chi connectivity index (χ1v) is 10.2. The van der Waals surface area contributed by atoms with Crippen LogP contribution in [0.15, 0.2) is 58.1 Å². The summed E-state index contributed by atoms with van der Waals surface area (Å²) in [4.78, 5) is 14.2. The van der Waals surface area contributed by atoms with Gasteiger partial charge in [-0.05, 0) is 48.8 Å². The molecule has 1 aliphatic carbocycles. The van der Waals surface area contributed by atoms with E-state index in [-0.39, 0.29) is 5.78 Å². The molecule has 1 fully saturated rings. The lowest BCUT2D eigenvalue weighted by Crippen LogP contribution is -2.07. The maximum absolute atomic E-state index is 13.1. The molecule has 3 nitrogen and oxygen atoms in total. The second-order valence-corrected chi connectivity index (χ2v) is 7.79. The maximum Gasteiger partial charge on any atom is 0.198 e. The zero-order valence-corrected chi connectivity index (χ0v) is 15.9. The van der Waals surface area contributed by atoms with E-state index in [1.165, 1.54) is 0 Å². The Bertz CT molecular complexity index is 962. The topological polar surface area (TPSA) is 43.1 Å².